The summed E-state index contributed by atoms with van der Waals surface area (Å²) in [4.78, 5) is 38.2. The number of hydrogen-bond acceptors (Lipinski definition) is 6. The molecule has 1 atom stereocenters. The van der Waals surface area contributed by atoms with Crippen molar-refractivity contribution in [2.45, 2.75) is 322 Å². The van der Waals surface area contributed by atoms with E-state index < -0.39 is 6.10 Å². The zero-order valence-corrected chi connectivity index (χ0v) is 46.1. The zero-order valence-electron chi connectivity index (χ0n) is 46.1. The highest BCUT2D eigenvalue weighted by molar-refractivity contribution is 5.71. The average molecular weight is 968 g/mol. The van der Waals surface area contributed by atoms with Crippen molar-refractivity contribution in [3.63, 3.8) is 0 Å². The fourth-order valence-corrected chi connectivity index (χ4v) is 8.74. The second-order valence-electron chi connectivity index (χ2n) is 20.3. The standard InChI is InChI=1S/C63H114O6/c1-4-7-10-13-16-19-22-25-27-29-30-31-32-34-35-38-41-44-47-50-53-56-62(65)68-59-60(58-67-61(64)55-52-49-46-43-40-37-24-21-18-15-12-9-6-3)69-63(66)57-54-51-48-45-42-39-36-33-28-26-23-20-17-14-11-8-5-2/h17,20,22,25-26,28-30,60H,4-16,18-19,21,23-24,27,31-59H2,1-3H3/b20-17-,25-22-,28-26-,30-29-. The van der Waals surface area contributed by atoms with Crippen molar-refractivity contribution in [3.8, 4) is 0 Å². The van der Waals surface area contributed by atoms with Gasteiger partial charge in [-0.15, -0.1) is 0 Å². The predicted octanol–water partition coefficient (Wildman–Crippen LogP) is 20.2. The minimum Gasteiger partial charge on any atom is -0.462 e. The molecule has 6 nitrogen and oxygen atoms in total. The Morgan fingerprint density at radius 3 is 0.826 bits per heavy atom. The van der Waals surface area contributed by atoms with Gasteiger partial charge in [-0.1, -0.05) is 262 Å². The molecule has 69 heavy (non-hydrogen) atoms. The van der Waals surface area contributed by atoms with Crippen LogP contribution in [0.4, 0.5) is 0 Å². The Hall–Kier alpha value is -2.63. The summed E-state index contributed by atoms with van der Waals surface area (Å²) in [6.45, 7) is 6.63. The average Bonchev–Trinajstić information content (AvgIpc) is 3.35. The molecule has 0 spiro atoms. The van der Waals surface area contributed by atoms with Gasteiger partial charge in [0.1, 0.15) is 13.2 Å². The topological polar surface area (TPSA) is 78.9 Å². The molecule has 6 heteroatoms. The van der Waals surface area contributed by atoms with Crippen LogP contribution < -0.4 is 0 Å². The van der Waals surface area contributed by atoms with Gasteiger partial charge in [-0.05, 0) is 83.5 Å². The summed E-state index contributed by atoms with van der Waals surface area (Å²) in [5, 5.41) is 0. The molecule has 0 radical (unpaired) electrons. The maximum Gasteiger partial charge on any atom is 0.306 e. The van der Waals surface area contributed by atoms with Gasteiger partial charge in [0.2, 0.25) is 0 Å². The summed E-state index contributed by atoms with van der Waals surface area (Å²) in [6.07, 6.45) is 71.0. The number of unbranched alkanes of at least 4 members (excludes halogenated alkanes) is 36. The highest BCUT2D eigenvalue weighted by atomic mass is 16.6. The highest BCUT2D eigenvalue weighted by Gasteiger charge is 2.19. The summed E-state index contributed by atoms with van der Waals surface area (Å²) in [5.41, 5.74) is 0. The Labute approximate surface area is 428 Å². The summed E-state index contributed by atoms with van der Waals surface area (Å²) in [7, 11) is 0. The van der Waals surface area contributed by atoms with E-state index in [1.807, 2.05) is 0 Å². The van der Waals surface area contributed by atoms with Crippen LogP contribution in [0.15, 0.2) is 48.6 Å². The molecule has 0 saturated carbocycles. The molecule has 0 saturated heterocycles. The van der Waals surface area contributed by atoms with Crippen LogP contribution in [0.25, 0.3) is 0 Å². The minimum atomic E-state index is -0.777. The fourth-order valence-electron chi connectivity index (χ4n) is 8.74. The van der Waals surface area contributed by atoms with Crippen molar-refractivity contribution in [2.24, 2.45) is 0 Å². The number of carbonyl (C=O) groups excluding carboxylic acids is 3. The van der Waals surface area contributed by atoms with Crippen molar-refractivity contribution >= 4 is 17.9 Å². The first kappa shape index (κ1) is 66.4. The van der Waals surface area contributed by atoms with Gasteiger partial charge in [-0.2, -0.15) is 0 Å². The molecule has 0 aromatic heterocycles. The van der Waals surface area contributed by atoms with E-state index in [1.165, 1.54) is 199 Å². The Kier molecular flexibility index (Phi) is 55.7. The van der Waals surface area contributed by atoms with E-state index in [9.17, 15) is 14.4 Å². The number of carbonyl (C=O) groups is 3. The van der Waals surface area contributed by atoms with Crippen molar-refractivity contribution in [2.75, 3.05) is 13.2 Å². The lowest BCUT2D eigenvalue weighted by molar-refractivity contribution is -0.167. The van der Waals surface area contributed by atoms with E-state index in [-0.39, 0.29) is 31.1 Å². The number of rotatable bonds is 55. The number of ether oxygens (including phenoxy) is 3. The van der Waals surface area contributed by atoms with Crippen LogP contribution >= 0.6 is 0 Å². The minimum absolute atomic E-state index is 0.0745. The van der Waals surface area contributed by atoms with Crippen molar-refractivity contribution in [1.82, 2.24) is 0 Å². The van der Waals surface area contributed by atoms with Crippen LogP contribution in [-0.2, 0) is 28.6 Å². The molecule has 402 valence electrons. The maximum absolute atomic E-state index is 12.9. The molecule has 0 aliphatic heterocycles. The number of hydrogen-bond donors (Lipinski definition) is 0. The SMILES string of the molecule is CCCCC/C=C\C/C=C\CCCCCCCCCC(=O)OC(COC(=O)CCCCCCCCCCC/C=C\C/C=C\CCCCCCC)COC(=O)CCCCCCCCCCCCCCC. The van der Waals surface area contributed by atoms with Gasteiger partial charge in [0, 0.05) is 19.3 Å². The molecule has 0 rings (SSSR count). The zero-order chi connectivity index (χ0) is 50.0. The molecule has 0 fully saturated rings. The van der Waals surface area contributed by atoms with E-state index in [2.05, 4.69) is 69.4 Å². The largest absolute Gasteiger partial charge is 0.462 e. The van der Waals surface area contributed by atoms with Crippen LogP contribution in [0.1, 0.15) is 316 Å². The molecule has 0 bridgehead atoms. The monoisotopic (exact) mass is 967 g/mol. The van der Waals surface area contributed by atoms with E-state index in [4.69, 9.17) is 14.2 Å². The molecule has 0 aromatic rings. The van der Waals surface area contributed by atoms with Gasteiger partial charge >= 0.3 is 17.9 Å². The molecule has 0 aliphatic carbocycles. The van der Waals surface area contributed by atoms with Gasteiger partial charge < -0.3 is 14.2 Å². The highest BCUT2D eigenvalue weighted by Crippen LogP contribution is 2.16. The van der Waals surface area contributed by atoms with Crippen molar-refractivity contribution in [3.05, 3.63) is 48.6 Å². The van der Waals surface area contributed by atoms with Crippen LogP contribution in [0.3, 0.4) is 0 Å². The smallest absolute Gasteiger partial charge is 0.306 e. The lowest BCUT2D eigenvalue weighted by Crippen LogP contribution is -2.30. The second-order valence-corrected chi connectivity index (χ2v) is 20.3. The van der Waals surface area contributed by atoms with Crippen molar-refractivity contribution < 1.29 is 28.6 Å². The Morgan fingerprint density at radius 1 is 0.290 bits per heavy atom. The third-order valence-electron chi connectivity index (χ3n) is 13.3. The van der Waals surface area contributed by atoms with Gasteiger partial charge in [0.25, 0.3) is 0 Å². The Morgan fingerprint density at radius 2 is 0.522 bits per heavy atom. The summed E-state index contributed by atoms with van der Waals surface area (Å²) in [6, 6.07) is 0. The fraction of sp³-hybridized carbons (Fsp3) is 0.825. The van der Waals surface area contributed by atoms with Gasteiger partial charge in [0.05, 0.1) is 0 Å². The first-order valence-corrected chi connectivity index (χ1v) is 30.1. The van der Waals surface area contributed by atoms with Crippen LogP contribution in [-0.4, -0.2) is 37.2 Å². The normalized spacial score (nSPS) is 12.3. The molecular formula is C63H114O6. The number of allylic oxidation sites excluding steroid dienone is 8. The molecule has 0 heterocycles. The summed E-state index contributed by atoms with van der Waals surface area (Å²) >= 11 is 0. The number of esters is 3. The Bertz CT molecular complexity index is 1200. The molecule has 0 amide bonds. The summed E-state index contributed by atoms with van der Waals surface area (Å²) in [5.74, 6) is -0.870. The first-order valence-electron chi connectivity index (χ1n) is 30.1. The van der Waals surface area contributed by atoms with E-state index in [0.29, 0.717) is 19.3 Å². The van der Waals surface area contributed by atoms with Gasteiger partial charge in [-0.25, -0.2) is 0 Å². The summed E-state index contributed by atoms with van der Waals surface area (Å²) < 4.78 is 16.9. The van der Waals surface area contributed by atoms with Crippen molar-refractivity contribution in [1.29, 1.82) is 0 Å². The third kappa shape index (κ3) is 56.2. The third-order valence-corrected chi connectivity index (χ3v) is 13.3. The predicted molar refractivity (Wildman–Crippen MR) is 298 cm³/mol. The first-order chi connectivity index (χ1) is 34.0. The lowest BCUT2D eigenvalue weighted by Gasteiger charge is -2.18. The quantitative estimate of drug-likeness (QED) is 0.0262. The van der Waals surface area contributed by atoms with E-state index >= 15 is 0 Å². The van der Waals surface area contributed by atoms with Gasteiger partial charge in [-0.3, -0.25) is 14.4 Å². The molecule has 1 unspecified atom stereocenters. The van der Waals surface area contributed by atoms with E-state index in [1.54, 1.807) is 0 Å². The molecule has 0 aromatic carbocycles. The molecule has 0 aliphatic rings. The van der Waals surface area contributed by atoms with Crippen LogP contribution in [0, 0.1) is 0 Å². The second kappa shape index (κ2) is 57.9. The molecular weight excluding hydrogens is 853 g/mol. The maximum atomic E-state index is 12.9. The van der Waals surface area contributed by atoms with E-state index in [0.717, 1.165) is 77.0 Å². The van der Waals surface area contributed by atoms with Crippen LogP contribution in [0.5, 0.6) is 0 Å². The Balaban J connectivity index is 4.33. The van der Waals surface area contributed by atoms with Gasteiger partial charge in [0.15, 0.2) is 6.10 Å². The lowest BCUT2D eigenvalue weighted by atomic mass is 10.0. The molecule has 0 N–H and O–H groups in total. The van der Waals surface area contributed by atoms with Crippen LogP contribution in [0.2, 0.25) is 0 Å².